The molecule has 0 bridgehead atoms. The quantitative estimate of drug-likeness (QED) is 0.579. The SMILES string of the molecule is C=Cc1cc(C(=O)N2CCC(N(C)CCc3ccccc3)CC2)cc(C)c1NC(=O)CC.Cl. The van der Waals surface area contributed by atoms with Crippen LogP contribution in [0.5, 0.6) is 0 Å². The molecule has 1 heterocycles. The van der Waals surface area contributed by atoms with Gasteiger partial charge in [-0.05, 0) is 62.1 Å². The zero-order chi connectivity index (χ0) is 23.1. The second-order valence-electron chi connectivity index (χ2n) is 8.60. The molecule has 0 aliphatic carbocycles. The molecule has 33 heavy (non-hydrogen) atoms. The van der Waals surface area contributed by atoms with Crippen LogP contribution in [0.2, 0.25) is 0 Å². The molecular weight excluding hydrogens is 434 g/mol. The summed E-state index contributed by atoms with van der Waals surface area (Å²) in [5, 5.41) is 2.93. The van der Waals surface area contributed by atoms with Gasteiger partial charge in [0.1, 0.15) is 0 Å². The van der Waals surface area contributed by atoms with Crippen molar-refractivity contribution in [3.05, 3.63) is 71.3 Å². The molecule has 0 aromatic heterocycles. The van der Waals surface area contributed by atoms with Crippen LogP contribution < -0.4 is 5.32 Å². The number of halogens is 1. The Morgan fingerprint density at radius 3 is 2.45 bits per heavy atom. The Bertz CT molecular complexity index is 953. The van der Waals surface area contributed by atoms with Crippen molar-refractivity contribution in [2.45, 2.75) is 45.6 Å². The summed E-state index contributed by atoms with van der Waals surface area (Å²) in [6.45, 7) is 10.1. The van der Waals surface area contributed by atoms with Crippen LogP contribution in [0.15, 0.2) is 49.0 Å². The van der Waals surface area contributed by atoms with Crippen LogP contribution in [0.3, 0.4) is 0 Å². The molecule has 2 amide bonds. The number of likely N-dealkylation sites (N-methyl/N-ethyl adjacent to an activating group) is 1. The van der Waals surface area contributed by atoms with Crippen molar-refractivity contribution in [3.8, 4) is 0 Å². The van der Waals surface area contributed by atoms with Crippen molar-refractivity contribution in [2.75, 3.05) is 32.0 Å². The molecule has 0 saturated carbocycles. The Kier molecular flexibility index (Phi) is 10.1. The number of piperidine rings is 1. The third-order valence-corrected chi connectivity index (χ3v) is 6.39. The van der Waals surface area contributed by atoms with Gasteiger partial charge in [0.15, 0.2) is 0 Å². The highest BCUT2D eigenvalue weighted by Crippen LogP contribution is 2.26. The van der Waals surface area contributed by atoms with Gasteiger partial charge in [0, 0.05) is 37.7 Å². The highest BCUT2D eigenvalue weighted by Gasteiger charge is 2.26. The fraction of sp³-hybridized carbons (Fsp3) is 0.407. The van der Waals surface area contributed by atoms with Gasteiger partial charge >= 0.3 is 0 Å². The normalized spacial score (nSPS) is 14.0. The van der Waals surface area contributed by atoms with Crippen LogP contribution in [0.1, 0.15) is 53.2 Å². The first-order valence-electron chi connectivity index (χ1n) is 11.5. The predicted octanol–water partition coefficient (Wildman–Crippen LogP) is 5.19. The second kappa shape index (κ2) is 12.6. The molecule has 0 atom stereocenters. The molecule has 0 spiro atoms. The van der Waals surface area contributed by atoms with Gasteiger partial charge in [-0.15, -0.1) is 12.4 Å². The van der Waals surface area contributed by atoms with Gasteiger partial charge < -0.3 is 15.1 Å². The van der Waals surface area contributed by atoms with Crippen molar-refractivity contribution in [1.82, 2.24) is 9.80 Å². The van der Waals surface area contributed by atoms with E-state index >= 15 is 0 Å². The van der Waals surface area contributed by atoms with Crippen molar-refractivity contribution in [2.24, 2.45) is 0 Å². The Morgan fingerprint density at radius 2 is 1.85 bits per heavy atom. The van der Waals surface area contributed by atoms with E-state index in [1.165, 1.54) is 5.56 Å². The van der Waals surface area contributed by atoms with Crippen LogP contribution in [0, 0.1) is 6.92 Å². The number of likely N-dealkylation sites (tertiary alicyclic amines) is 1. The summed E-state index contributed by atoms with van der Waals surface area (Å²) in [5.74, 6) is 0.00342. The van der Waals surface area contributed by atoms with Gasteiger partial charge in [-0.25, -0.2) is 0 Å². The summed E-state index contributed by atoms with van der Waals surface area (Å²) >= 11 is 0. The highest BCUT2D eigenvalue weighted by molar-refractivity contribution is 5.98. The van der Waals surface area contributed by atoms with Gasteiger partial charge in [0.2, 0.25) is 5.91 Å². The zero-order valence-electron chi connectivity index (χ0n) is 20.0. The van der Waals surface area contributed by atoms with Gasteiger partial charge in [0.05, 0.1) is 5.69 Å². The molecule has 178 valence electrons. The monoisotopic (exact) mass is 469 g/mol. The number of amides is 2. The van der Waals surface area contributed by atoms with E-state index in [1.54, 1.807) is 6.08 Å². The van der Waals surface area contributed by atoms with Crippen LogP contribution in [0.4, 0.5) is 5.69 Å². The number of carbonyl (C=O) groups excluding carboxylic acids is 2. The Morgan fingerprint density at radius 1 is 1.18 bits per heavy atom. The molecule has 1 aliphatic heterocycles. The Balaban J connectivity index is 0.00000385. The lowest BCUT2D eigenvalue weighted by Crippen LogP contribution is -2.46. The van der Waals surface area contributed by atoms with Crippen LogP contribution in [-0.4, -0.2) is 54.3 Å². The summed E-state index contributed by atoms with van der Waals surface area (Å²) in [6.07, 6.45) is 5.11. The average molecular weight is 470 g/mol. The zero-order valence-corrected chi connectivity index (χ0v) is 20.8. The molecule has 2 aromatic carbocycles. The molecule has 0 unspecified atom stereocenters. The summed E-state index contributed by atoms with van der Waals surface area (Å²) in [4.78, 5) is 29.4. The number of nitrogens with one attached hydrogen (secondary N) is 1. The van der Waals surface area contributed by atoms with Gasteiger partial charge in [-0.3, -0.25) is 9.59 Å². The topological polar surface area (TPSA) is 52.7 Å². The van der Waals surface area contributed by atoms with Crippen molar-refractivity contribution >= 4 is 36.0 Å². The predicted molar refractivity (Wildman–Crippen MR) is 139 cm³/mol. The van der Waals surface area contributed by atoms with E-state index in [0.29, 0.717) is 18.0 Å². The smallest absolute Gasteiger partial charge is 0.253 e. The lowest BCUT2D eigenvalue weighted by Gasteiger charge is -2.37. The molecule has 1 N–H and O–H groups in total. The minimum Gasteiger partial charge on any atom is -0.339 e. The van der Waals surface area contributed by atoms with Crippen LogP contribution in [-0.2, 0) is 11.2 Å². The van der Waals surface area contributed by atoms with Crippen LogP contribution >= 0.6 is 12.4 Å². The van der Waals surface area contributed by atoms with E-state index in [1.807, 2.05) is 36.9 Å². The molecule has 2 aromatic rings. The fourth-order valence-electron chi connectivity index (χ4n) is 4.32. The molecule has 6 heteroatoms. The van der Waals surface area contributed by atoms with Crippen molar-refractivity contribution < 1.29 is 9.59 Å². The molecule has 0 radical (unpaired) electrons. The maximum absolute atomic E-state index is 13.2. The number of rotatable bonds is 8. The summed E-state index contributed by atoms with van der Waals surface area (Å²) in [7, 11) is 2.19. The first kappa shape index (κ1) is 26.6. The maximum Gasteiger partial charge on any atom is 0.253 e. The fourth-order valence-corrected chi connectivity index (χ4v) is 4.32. The molecule has 5 nitrogen and oxygen atoms in total. The Labute approximate surface area is 204 Å². The number of anilines is 1. The molecule has 1 aliphatic rings. The third kappa shape index (κ3) is 6.92. The highest BCUT2D eigenvalue weighted by atomic mass is 35.5. The molecule has 3 rings (SSSR count). The van der Waals surface area contributed by atoms with Gasteiger partial charge in [-0.2, -0.15) is 0 Å². The average Bonchev–Trinajstić information content (AvgIpc) is 2.83. The largest absolute Gasteiger partial charge is 0.339 e. The number of benzene rings is 2. The summed E-state index contributed by atoms with van der Waals surface area (Å²) in [5.41, 5.74) is 4.41. The van der Waals surface area contributed by atoms with E-state index in [4.69, 9.17) is 0 Å². The van der Waals surface area contributed by atoms with E-state index in [-0.39, 0.29) is 24.2 Å². The standard InChI is InChI=1S/C27H35N3O2.ClH/c1-5-22-19-23(18-20(3)26(22)28-25(31)6-2)27(32)30-16-13-24(14-17-30)29(4)15-12-21-10-8-7-9-11-21;/h5,7-11,18-19,24H,1,6,12-17H2,2-4H3,(H,28,31);1H. The first-order valence-corrected chi connectivity index (χ1v) is 11.5. The third-order valence-electron chi connectivity index (χ3n) is 6.39. The van der Waals surface area contributed by atoms with Crippen molar-refractivity contribution in [3.63, 3.8) is 0 Å². The molecule has 1 fully saturated rings. The lowest BCUT2D eigenvalue weighted by molar-refractivity contribution is -0.115. The van der Waals surface area contributed by atoms with Crippen molar-refractivity contribution in [1.29, 1.82) is 0 Å². The van der Waals surface area contributed by atoms with Crippen LogP contribution in [0.25, 0.3) is 6.08 Å². The molecule has 1 saturated heterocycles. The van der Waals surface area contributed by atoms with E-state index < -0.39 is 0 Å². The van der Waals surface area contributed by atoms with E-state index in [0.717, 1.165) is 55.7 Å². The number of hydrogen-bond acceptors (Lipinski definition) is 3. The number of hydrogen-bond donors (Lipinski definition) is 1. The maximum atomic E-state index is 13.2. The first-order chi connectivity index (χ1) is 15.4. The Hall–Kier alpha value is -2.63. The number of carbonyl (C=O) groups is 2. The van der Waals surface area contributed by atoms with E-state index in [9.17, 15) is 9.59 Å². The number of nitrogens with zero attached hydrogens (tertiary/aromatic N) is 2. The van der Waals surface area contributed by atoms with Gasteiger partial charge in [-0.1, -0.05) is 49.9 Å². The van der Waals surface area contributed by atoms with E-state index in [2.05, 4.69) is 48.1 Å². The minimum atomic E-state index is -0.0475. The second-order valence-corrected chi connectivity index (χ2v) is 8.60. The summed E-state index contributed by atoms with van der Waals surface area (Å²) < 4.78 is 0. The van der Waals surface area contributed by atoms with Gasteiger partial charge in [0.25, 0.3) is 5.91 Å². The number of aryl methyl sites for hydroxylation is 1. The molecular formula is C27H36ClN3O2. The summed E-state index contributed by atoms with van der Waals surface area (Å²) in [6, 6.07) is 14.8. The minimum absolute atomic E-state index is 0. The lowest BCUT2D eigenvalue weighted by atomic mass is 9.99.